The topological polar surface area (TPSA) is 76.6 Å². The number of hydrogen-bond donors (Lipinski definition) is 1. The number of anilines is 1. The summed E-state index contributed by atoms with van der Waals surface area (Å²) in [5, 5.41) is 2.86. The summed E-state index contributed by atoms with van der Waals surface area (Å²) in [4.78, 5) is 23.0. The Labute approximate surface area is 147 Å². The van der Waals surface area contributed by atoms with Gasteiger partial charge in [0.15, 0.2) is 0 Å². The van der Waals surface area contributed by atoms with Gasteiger partial charge in [0.25, 0.3) is 5.91 Å². The molecule has 1 aliphatic heterocycles. The summed E-state index contributed by atoms with van der Waals surface area (Å²) in [6.07, 6.45) is 3.59. The normalized spacial score (nSPS) is 17.2. The highest BCUT2D eigenvalue weighted by Gasteiger charge is 2.18. The van der Waals surface area contributed by atoms with Gasteiger partial charge in [0.05, 0.1) is 19.8 Å². The van der Waals surface area contributed by atoms with E-state index in [-0.39, 0.29) is 12.0 Å². The van der Waals surface area contributed by atoms with Crippen molar-refractivity contribution in [2.24, 2.45) is 0 Å². The van der Waals surface area contributed by atoms with Crippen LogP contribution in [0.15, 0.2) is 36.7 Å². The van der Waals surface area contributed by atoms with Crippen molar-refractivity contribution in [3.63, 3.8) is 0 Å². The number of pyridine rings is 2. The van der Waals surface area contributed by atoms with Crippen molar-refractivity contribution in [2.45, 2.75) is 19.6 Å². The molecule has 25 heavy (non-hydrogen) atoms. The van der Waals surface area contributed by atoms with Gasteiger partial charge in [0, 0.05) is 32.0 Å². The molecule has 1 aliphatic rings. The van der Waals surface area contributed by atoms with Crippen LogP contribution in [0.5, 0.6) is 5.88 Å². The number of nitrogens with one attached hydrogen (secondary N) is 1. The highest BCUT2D eigenvalue weighted by atomic mass is 16.5. The third-order valence-corrected chi connectivity index (χ3v) is 4.04. The van der Waals surface area contributed by atoms with E-state index in [0.717, 1.165) is 24.5 Å². The van der Waals surface area contributed by atoms with Gasteiger partial charge in [-0.15, -0.1) is 0 Å². The van der Waals surface area contributed by atoms with Crippen LogP contribution in [0.25, 0.3) is 0 Å². The van der Waals surface area contributed by atoms with Crippen LogP contribution in [0, 0.1) is 0 Å². The van der Waals surface area contributed by atoms with E-state index in [1.165, 1.54) is 7.11 Å². The van der Waals surface area contributed by atoms with Crippen LogP contribution in [0.3, 0.4) is 0 Å². The average Bonchev–Trinajstić information content (AvgIpc) is 2.66. The van der Waals surface area contributed by atoms with Gasteiger partial charge in [-0.2, -0.15) is 0 Å². The van der Waals surface area contributed by atoms with Crippen LogP contribution in [0.2, 0.25) is 0 Å². The van der Waals surface area contributed by atoms with Gasteiger partial charge in [-0.1, -0.05) is 6.07 Å². The Bertz CT molecular complexity index is 721. The lowest BCUT2D eigenvalue weighted by atomic mass is 10.2. The van der Waals surface area contributed by atoms with E-state index in [2.05, 4.69) is 27.1 Å². The first-order valence-electron chi connectivity index (χ1n) is 8.26. The van der Waals surface area contributed by atoms with Crippen molar-refractivity contribution >= 4 is 11.7 Å². The molecule has 3 rings (SSSR count). The van der Waals surface area contributed by atoms with Crippen molar-refractivity contribution in [3.05, 3.63) is 47.8 Å². The monoisotopic (exact) mass is 342 g/mol. The zero-order chi connectivity index (χ0) is 17.6. The zero-order valence-electron chi connectivity index (χ0n) is 14.4. The number of morpholine rings is 1. The van der Waals surface area contributed by atoms with Crippen molar-refractivity contribution < 1.29 is 14.3 Å². The maximum Gasteiger partial charge on any atom is 0.257 e. The molecule has 0 saturated carbocycles. The highest BCUT2D eigenvalue weighted by molar-refractivity contribution is 5.96. The average molecular weight is 342 g/mol. The third kappa shape index (κ3) is 4.24. The Morgan fingerprint density at radius 2 is 2.28 bits per heavy atom. The van der Waals surface area contributed by atoms with Crippen LogP contribution in [-0.4, -0.2) is 48.8 Å². The Kier molecular flexibility index (Phi) is 5.45. The molecule has 1 atom stereocenters. The number of amides is 1. The number of ether oxygens (including phenoxy) is 2. The SMILES string of the molecule is COc1ncccc1C(=O)NCc1ccc(N2CCO[C@@H](C)C2)nc1. The molecule has 1 N–H and O–H groups in total. The predicted octanol–water partition coefficient (Wildman–Crippen LogP) is 1.64. The lowest BCUT2D eigenvalue weighted by Gasteiger charge is -2.32. The van der Waals surface area contributed by atoms with E-state index in [1.54, 1.807) is 24.5 Å². The van der Waals surface area contributed by atoms with Crippen LogP contribution in [0.4, 0.5) is 5.82 Å². The molecular formula is C18H22N4O3. The summed E-state index contributed by atoms with van der Waals surface area (Å²) in [6, 6.07) is 7.34. The first-order valence-corrected chi connectivity index (χ1v) is 8.26. The van der Waals surface area contributed by atoms with Crippen LogP contribution < -0.4 is 15.0 Å². The second kappa shape index (κ2) is 7.94. The summed E-state index contributed by atoms with van der Waals surface area (Å²) < 4.78 is 10.7. The zero-order valence-corrected chi connectivity index (χ0v) is 14.4. The molecule has 0 bridgehead atoms. The van der Waals surface area contributed by atoms with E-state index < -0.39 is 0 Å². The summed E-state index contributed by atoms with van der Waals surface area (Å²) in [6.45, 7) is 4.85. The van der Waals surface area contributed by atoms with Crippen LogP contribution >= 0.6 is 0 Å². The smallest absolute Gasteiger partial charge is 0.257 e. The quantitative estimate of drug-likeness (QED) is 0.890. The Morgan fingerprint density at radius 1 is 1.40 bits per heavy atom. The lowest BCUT2D eigenvalue weighted by molar-refractivity contribution is 0.0529. The summed E-state index contributed by atoms with van der Waals surface area (Å²) in [5.41, 5.74) is 1.35. The van der Waals surface area contributed by atoms with E-state index in [1.807, 2.05) is 12.1 Å². The minimum atomic E-state index is -0.226. The van der Waals surface area contributed by atoms with E-state index in [0.29, 0.717) is 24.6 Å². The molecule has 2 aromatic rings. The van der Waals surface area contributed by atoms with Crippen LogP contribution in [-0.2, 0) is 11.3 Å². The molecule has 0 aromatic carbocycles. The maximum atomic E-state index is 12.3. The molecule has 0 aliphatic carbocycles. The molecule has 1 amide bonds. The van der Waals surface area contributed by atoms with Gasteiger partial charge in [-0.25, -0.2) is 9.97 Å². The summed E-state index contributed by atoms with van der Waals surface area (Å²) in [5.74, 6) is 1.02. The molecule has 132 valence electrons. The van der Waals surface area contributed by atoms with Gasteiger partial charge in [0.2, 0.25) is 5.88 Å². The number of carbonyl (C=O) groups is 1. The van der Waals surface area contributed by atoms with Crippen molar-refractivity contribution in [1.82, 2.24) is 15.3 Å². The van der Waals surface area contributed by atoms with Crippen LogP contribution in [0.1, 0.15) is 22.8 Å². The Morgan fingerprint density at radius 3 is 3.00 bits per heavy atom. The first kappa shape index (κ1) is 17.2. The van der Waals surface area contributed by atoms with Crippen molar-refractivity contribution in [1.29, 1.82) is 0 Å². The van der Waals surface area contributed by atoms with Gasteiger partial charge in [-0.05, 0) is 30.7 Å². The van der Waals surface area contributed by atoms with E-state index in [4.69, 9.17) is 9.47 Å². The molecule has 1 fully saturated rings. The number of methoxy groups -OCH3 is 1. The number of nitrogens with zero attached hydrogens (tertiary/aromatic N) is 3. The second-order valence-corrected chi connectivity index (χ2v) is 5.89. The first-order chi connectivity index (χ1) is 12.2. The lowest BCUT2D eigenvalue weighted by Crippen LogP contribution is -2.41. The molecule has 7 nitrogen and oxygen atoms in total. The molecule has 1 saturated heterocycles. The number of aromatic nitrogens is 2. The van der Waals surface area contributed by atoms with E-state index in [9.17, 15) is 4.79 Å². The predicted molar refractivity (Wildman–Crippen MR) is 93.8 cm³/mol. The fourth-order valence-electron chi connectivity index (χ4n) is 2.74. The third-order valence-electron chi connectivity index (χ3n) is 4.04. The minimum absolute atomic E-state index is 0.212. The fourth-order valence-corrected chi connectivity index (χ4v) is 2.74. The van der Waals surface area contributed by atoms with Gasteiger partial charge >= 0.3 is 0 Å². The standard InChI is InChI=1S/C18H22N4O3/c1-13-12-22(8-9-25-13)16-6-5-14(10-20-16)11-21-17(23)15-4-3-7-19-18(15)24-2/h3-7,10,13H,8-9,11-12H2,1-2H3,(H,21,23)/t13-/m0/s1. The molecule has 0 unspecified atom stereocenters. The summed E-state index contributed by atoms with van der Waals surface area (Å²) >= 11 is 0. The molecular weight excluding hydrogens is 320 g/mol. The van der Waals surface area contributed by atoms with E-state index >= 15 is 0 Å². The van der Waals surface area contributed by atoms with Gasteiger partial charge in [0.1, 0.15) is 11.4 Å². The minimum Gasteiger partial charge on any atom is -0.480 e. The molecule has 3 heterocycles. The molecule has 0 spiro atoms. The van der Waals surface area contributed by atoms with Crippen molar-refractivity contribution in [3.8, 4) is 5.88 Å². The number of hydrogen-bond acceptors (Lipinski definition) is 6. The number of carbonyl (C=O) groups excluding carboxylic acids is 1. The molecule has 2 aromatic heterocycles. The summed E-state index contributed by atoms with van der Waals surface area (Å²) in [7, 11) is 1.49. The largest absolute Gasteiger partial charge is 0.480 e. The Balaban J connectivity index is 1.59. The maximum absolute atomic E-state index is 12.3. The Hall–Kier alpha value is -2.67. The fraction of sp³-hybridized carbons (Fsp3) is 0.389. The molecule has 0 radical (unpaired) electrons. The number of rotatable bonds is 5. The highest BCUT2D eigenvalue weighted by Crippen LogP contribution is 2.16. The van der Waals surface area contributed by atoms with Gasteiger partial charge in [-0.3, -0.25) is 4.79 Å². The van der Waals surface area contributed by atoms with Crippen molar-refractivity contribution in [2.75, 3.05) is 31.7 Å². The second-order valence-electron chi connectivity index (χ2n) is 5.89. The molecule has 7 heteroatoms. The van der Waals surface area contributed by atoms with Gasteiger partial charge < -0.3 is 19.7 Å².